The molecule has 8 aromatic rings. The van der Waals surface area contributed by atoms with Crippen LogP contribution in [0.1, 0.15) is 124 Å². The quantitative estimate of drug-likeness (QED) is 0.126. The molecule has 0 bridgehead atoms. The molecule has 3 aliphatic rings. The lowest BCUT2D eigenvalue weighted by atomic mass is 9.62. The Kier molecular flexibility index (Phi) is 23.2. The summed E-state index contributed by atoms with van der Waals surface area (Å²) in [4.78, 5) is 0. The van der Waals surface area contributed by atoms with E-state index in [1.807, 2.05) is 52.0 Å². The van der Waals surface area contributed by atoms with Crippen LogP contribution >= 0.6 is 0 Å². The van der Waals surface area contributed by atoms with Crippen molar-refractivity contribution in [3.05, 3.63) is 322 Å². The zero-order valence-corrected chi connectivity index (χ0v) is 50.4. The van der Waals surface area contributed by atoms with Gasteiger partial charge in [0.1, 0.15) is 0 Å². The zero-order chi connectivity index (χ0) is 57.6. The van der Waals surface area contributed by atoms with Gasteiger partial charge in [0.25, 0.3) is 0 Å². The fraction of sp³-hybridized carbons (Fsp3) is 0.225. The lowest BCUT2D eigenvalue weighted by Crippen LogP contribution is -2.35. The number of hydrogen-bond acceptors (Lipinski definition) is 0. The molecule has 0 heteroatoms. The molecule has 80 heavy (non-hydrogen) atoms. The maximum atomic E-state index is 3.93. The number of benzene rings is 8. The molecule has 2 unspecified atom stereocenters. The van der Waals surface area contributed by atoms with Crippen molar-refractivity contribution in [2.24, 2.45) is 11.8 Å². The molecule has 408 valence electrons. The van der Waals surface area contributed by atoms with E-state index in [0.29, 0.717) is 11.8 Å². The molecule has 0 N–H and O–H groups in total. The molecule has 0 radical (unpaired) electrons. The molecular formula is C80H88. The maximum Gasteiger partial charge on any atom is 0.0529 e. The van der Waals surface area contributed by atoms with Crippen molar-refractivity contribution in [1.82, 2.24) is 0 Å². The average Bonchev–Trinajstić information content (AvgIpc) is 4.24. The minimum absolute atomic E-state index is 0.125. The summed E-state index contributed by atoms with van der Waals surface area (Å²) in [7, 11) is 0. The van der Waals surface area contributed by atoms with Crippen molar-refractivity contribution in [2.45, 2.75) is 108 Å². The molecule has 0 amide bonds. The van der Waals surface area contributed by atoms with E-state index in [1.165, 1.54) is 111 Å². The van der Waals surface area contributed by atoms with Crippen molar-refractivity contribution >= 4 is 11.1 Å². The highest BCUT2D eigenvalue weighted by Crippen LogP contribution is 2.58. The first-order valence-electron chi connectivity index (χ1n) is 29.2. The molecule has 0 nitrogen and oxygen atoms in total. The van der Waals surface area contributed by atoms with Crippen molar-refractivity contribution in [3.8, 4) is 33.4 Å². The zero-order valence-electron chi connectivity index (χ0n) is 50.4. The molecule has 0 spiro atoms. The first kappa shape index (κ1) is 61.2. The first-order chi connectivity index (χ1) is 38.9. The minimum Gasteiger partial charge on any atom is -0.0984 e. The van der Waals surface area contributed by atoms with Crippen LogP contribution in [0.4, 0.5) is 0 Å². The van der Waals surface area contributed by atoms with Crippen molar-refractivity contribution < 1.29 is 0 Å². The summed E-state index contributed by atoms with van der Waals surface area (Å²) in [5.74, 6) is 0.993. The number of allylic oxidation sites excluding steroid dienone is 13. The van der Waals surface area contributed by atoms with Gasteiger partial charge >= 0.3 is 0 Å². The lowest BCUT2D eigenvalue weighted by Gasteiger charge is -2.39. The summed E-state index contributed by atoms with van der Waals surface area (Å²) in [6, 6.07) is 70.1. The van der Waals surface area contributed by atoms with E-state index in [1.54, 1.807) is 0 Å². The maximum absolute atomic E-state index is 3.93. The van der Waals surface area contributed by atoms with Gasteiger partial charge in [-0.25, -0.2) is 0 Å². The largest absolute Gasteiger partial charge is 0.0984 e. The third-order valence-electron chi connectivity index (χ3n) is 15.0. The van der Waals surface area contributed by atoms with Gasteiger partial charge in [-0.1, -0.05) is 313 Å². The van der Waals surface area contributed by atoms with Gasteiger partial charge in [-0.15, -0.1) is 0 Å². The van der Waals surface area contributed by atoms with Crippen LogP contribution in [0, 0.1) is 46.5 Å². The van der Waals surface area contributed by atoms with Gasteiger partial charge in [0.2, 0.25) is 0 Å². The Morgan fingerprint density at radius 3 is 1.69 bits per heavy atom. The van der Waals surface area contributed by atoms with Crippen molar-refractivity contribution in [3.63, 3.8) is 0 Å². The fourth-order valence-electron chi connectivity index (χ4n) is 11.0. The van der Waals surface area contributed by atoms with Crippen LogP contribution in [0.25, 0.3) is 44.5 Å². The molecule has 3 aliphatic carbocycles. The number of fused-ring (bicyclic) bond motifs is 3. The van der Waals surface area contributed by atoms with Gasteiger partial charge in [0.05, 0.1) is 5.41 Å². The van der Waals surface area contributed by atoms with E-state index in [-0.39, 0.29) is 5.41 Å². The third kappa shape index (κ3) is 15.0. The molecule has 0 fully saturated rings. The summed E-state index contributed by atoms with van der Waals surface area (Å²) < 4.78 is 0. The minimum atomic E-state index is -0.125. The Morgan fingerprint density at radius 2 is 1.09 bits per heavy atom. The predicted octanol–water partition coefficient (Wildman–Crippen LogP) is 23.0. The molecule has 0 aliphatic heterocycles. The van der Waals surface area contributed by atoms with Gasteiger partial charge < -0.3 is 0 Å². The fourth-order valence-corrected chi connectivity index (χ4v) is 11.0. The van der Waals surface area contributed by atoms with Gasteiger partial charge in [0.15, 0.2) is 0 Å². The summed E-state index contributed by atoms with van der Waals surface area (Å²) in [6.07, 6.45) is 22.1. The Hall–Kier alpha value is -8.06. The normalized spacial score (nSPS) is 15.5. The summed E-state index contributed by atoms with van der Waals surface area (Å²) in [6.45, 7) is 31.4. The van der Waals surface area contributed by atoms with Crippen molar-refractivity contribution in [1.29, 1.82) is 0 Å². The summed E-state index contributed by atoms with van der Waals surface area (Å²) in [5.41, 5.74) is 26.5. The summed E-state index contributed by atoms with van der Waals surface area (Å²) >= 11 is 0. The second-order valence-corrected chi connectivity index (χ2v) is 21.1. The monoisotopic (exact) mass is 1050 g/mol. The second-order valence-electron chi connectivity index (χ2n) is 21.1. The van der Waals surface area contributed by atoms with Gasteiger partial charge in [-0.05, 0) is 168 Å². The van der Waals surface area contributed by atoms with E-state index in [2.05, 4.69) is 293 Å². The Bertz CT molecular complexity index is 3450. The van der Waals surface area contributed by atoms with Gasteiger partial charge in [0, 0.05) is 0 Å². The smallest absolute Gasteiger partial charge is 0.0529 e. The number of rotatable bonds is 9. The van der Waals surface area contributed by atoms with E-state index >= 15 is 0 Å². The van der Waals surface area contributed by atoms with Crippen LogP contribution in [-0.2, 0) is 5.41 Å². The standard InChI is InChI=1S/C26H22.C26H24.C17H22.C7H8.2C2H6/c1-19-16-17-23-22-14-8-9-15-24(22)26(25(23)18-19,20-10-4-2-5-11-20)21-12-6-3-7-13-21;1-18-10-12-21(13-11-18)22-7-5-8-23(17-22)24-14-15-26(20(3)16-24)25-9-4-6-19(25)2;1-6-16(15(5)12-11-13(2)3)17-10-8-7-9-14(17)4;1-7-5-3-2-4-6-7;2*1-2/h2-12,14-18,21H,13H2,1H3;4-5,7-17H,6H2,1-3H3;6-13H,1H2,2-5H3;2-6H,1H3;2*1-2H3/b;;12-11-,16-15+;;;. The Labute approximate surface area is 484 Å². The highest BCUT2D eigenvalue weighted by molar-refractivity contribution is 5.85. The number of aryl methyl sites for hydroxylation is 5. The molecule has 0 saturated heterocycles. The molecule has 0 aromatic heterocycles. The molecule has 11 rings (SSSR count). The molecule has 8 aromatic carbocycles. The van der Waals surface area contributed by atoms with Crippen molar-refractivity contribution in [2.75, 3.05) is 0 Å². The molecule has 2 atom stereocenters. The number of hydrogen-bond donors (Lipinski definition) is 0. The van der Waals surface area contributed by atoms with Crippen LogP contribution in [0.3, 0.4) is 0 Å². The highest BCUT2D eigenvalue weighted by atomic mass is 14.5. The SMILES string of the molecule is C=C/C(=C(C)\C=C/C(C)C)c1ccccc1C.CC.CC.CC1=C(c2ccc(-c3cccc(-c4ccc(C)cc4)c3)cc2C)C=CC1.Cc1ccc2c(c1)C(c1ccccc1)(C1C=CC=CC1)c1ccccc1-2.Cc1ccccc1. The van der Waals surface area contributed by atoms with Crippen LogP contribution < -0.4 is 0 Å². The Morgan fingerprint density at radius 1 is 0.512 bits per heavy atom. The van der Waals surface area contributed by atoms with E-state index in [9.17, 15) is 0 Å². The van der Waals surface area contributed by atoms with Crippen LogP contribution in [0.15, 0.2) is 267 Å². The van der Waals surface area contributed by atoms with Gasteiger partial charge in [-0.3, -0.25) is 0 Å². The molecule has 0 saturated carbocycles. The molecule has 0 heterocycles. The third-order valence-corrected chi connectivity index (χ3v) is 15.0. The van der Waals surface area contributed by atoms with E-state index in [4.69, 9.17) is 0 Å². The van der Waals surface area contributed by atoms with E-state index in [0.717, 1.165) is 12.8 Å². The van der Waals surface area contributed by atoms with E-state index < -0.39 is 0 Å². The second kappa shape index (κ2) is 30.3. The van der Waals surface area contributed by atoms with Crippen LogP contribution in [0.2, 0.25) is 0 Å². The van der Waals surface area contributed by atoms with Gasteiger partial charge in [-0.2, -0.15) is 0 Å². The first-order valence-corrected chi connectivity index (χ1v) is 29.2. The van der Waals surface area contributed by atoms with Crippen LogP contribution in [0.5, 0.6) is 0 Å². The van der Waals surface area contributed by atoms with Crippen LogP contribution in [-0.4, -0.2) is 0 Å². The topological polar surface area (TPSA) is 0 Å². The average molecular weight is 1050 g/mol. The summed E-state index contributed by atoms with van der Waals surface area (Å²) in [5, 5.41) is 0. The Balaban J connectivity index is 0.000000180. The highest BCUT2D eigenvalue weighted by Gasteiger charge is 2.48. The molecular weight excluding hydrogens is 961 g/mol. The lowest BCUT2D eigenvalue weighted by molar-refractivity contribution is 0.457. The predicted molar refractivity (Wildman–Crippen MR) is 354 cm³/mol.